The van der Waals surface area contributed by atoms with Gasteiger partial charge in [0.2, 0.25) is 6.79 Å². The summed E-state index contributed by atoms with van der Waals surface area (Å²) >= 11 is 5.77. The molecule has 2 aromatic carbocycles. The van der Waals surface area contributed by atoms with Crippen molar-refractivity contribution >= 4 is 17.3 Å². The van der Waals surface area contributed by atoms with Crippen LogP contribution < -0.4 is 19.5 Å². The minimum absolute atomic E-state index is 0.275. The van der Waals surface area contributed by atoms with Gasteiger partial charge in [0, 0.05) is 38.6 Å². The third-order valence-electron chi connectivity index (χ3n) is 5.18. The van der Waals surface area contributed by atoms with Crippen LogP contribution in [-0.4, -0.2) is 39.5 Å². The maximum Gasteiger partial charge on any atom is 0.231 e. The molecule has 4 rings (SSSR count). The van der Waals surface area contributed by atoms with Crippen LogP contribution in [0.5, 0.6) is 17.2 Å². The van der Waals surface area contributed by atoms with Gasteiger partial charge in [0.25, 0.3) is 0 Å². The first-order chi connectivity index (χ1) is 15.7. The van der Waals surface area contributed by atoms with E-state index in [0.717, 1.165) is 54.0 Å². The summed E-state index contributed by atoms with van der Waals surface area (Å²) in [5.41, 5.74) is 2.28. The van der Waals surface area contributed by atoms with Crippen LogP contribution in [0.15, 0.2) is 61.2 Å². The molecular formula is C24H28N4O3S. The Morgan fingerprint density at radius 2 is 1.97 bits per heavy atom. The SMILES string of the molecule is CCOc1ccc(CN(CCCn2ccnc2)C(=S)NCc2ccc3c(c2)OCO3)cc1. The molecule has 1 aliphatic heterocycles. The number of rotatable bonds is 10. The highest BCUT2D eigenvalue weighted by Crippen LogP contribution is 2.32. The Balaban J connectivity index is 1.37. The lowest BCUT2D eigenvalue weighted by atomic mass is 10.2. The Kier molecular flexibility index (Phi) is 7.45. The van der Waals surface area contributed by atoms with Gasteiger partial charge in [0.05, 0.1) is 12.9 Å². The second-order valence-corrected chi connectivity index (χ2v) is 7.89. The van der Waals surface area contributed by atoms with Crippen molar-refractivity contribution in [1.82, 2.24) is 19.8 Å². The second-order valence-electron chi connectivity index (χ2n) is 7.50. The number of hydrogen-bond donors (Lipinski definition) is 1. The second kappa shape index (κ2) is 10.9. The molecule has 0 radical (unpaired) electrons. The minimum Gasteiger partial charge on any atom is -0.494 e. The summed E-state index contributed by atoms with van der Waals surface area (Å²) in [7, 11) is 0. The molecule has 2 heterocycles. The van der Waals surface area contributed by atoms with Gasteiger partial charge in [-0.15, -0.1) is 0 Å². The zero-order chi connectivity index (χ0) is 22.2. The highest BCUT2D eigenvalue weighted by Gasteiger charge is 2.14. The Labute approximate surface area is 193 Å². The highest BCUT2D eigenvalue weighted by molar-refractivity contribution is 7.80. The van der Waals surface area contributed by atoms with Gasteiger partial charge in [-0.25, -0.2) is 4.98 Å². The van der Waals surface area contributed by atoms with Crippen LogP contribution in [0.2, 0.25) is 0 Å². The predicted molar refractivity (Wildman–Crippen MR) is 127 cm³/mol. The number of thiocarbonyl (C=S) groups is 1. The van der Waals surface area contributed by atoms with Crippen LogP contribution in [0, 0.1) is 0 Å². The first-order valence-electron chi connectivity index (χ1n) is 10.8. The van der Waals surface area contributed by atoms with Crippen molar-refractivity contribution in [1.29, 1.82) is 0 Å². The number of imidazole rings is 1. The number of aromatic nitrogens is 2. The predicted octanol–water partition coefficient (Wildman–Crippen LogP) is 3.98. The monoisotopic (exact) mass is 452 g/mol. The van der Waals surface area contributed by atoms with E-state index >= 15 is 0 Å². The van der Waals surface area contributed by atoms with E-state index in [1.165, 1.54) is 5.56 Å². The van der Waals surface area contributed by atoms with Gasteiger partial charge in [-0.1, -0.05) is 18.2 Å². The summed E-state index contributed by atoms with van der Waals surface area (Å²) < 4.78 is 18.5. The molecular weight excluding hydrogens is 424 g/mol. The number of hydrogen-bond acceptors (Lipinski definition) is 5. The number of fused-ring (bicyclic) bond motifs is 1. The minimum atomic E-state index is 0.275. The number of nitrogens with one attached hydrogen (secondary N) is 1. The van der Waals surface area contributed by atoms with Crippen molar-refractivity contribution in [3.8, 4) is 17.2 Å². The molecule has 0 aliphatic carbocycles. The topological polar surface area (TPSA) is 60.8 Å². The maximum absolute atomic E-state index is 5.77. The van der Waals surface area contributed by atoms with Gasteiger partial charge in [-0.3, -0.25) is 0 Å². The van der Waals surface area contributed by atoms with Gasteiger partial charge in [-0.05, 0) is 61.0 Å². The first-order valence-corrected chi connectivity index (χ1v) is 11.2. The standard InChI is InChI=1S/C24H28N4O3S/c1-2-29-21-7-4-19(5-8-21)16-28(12-3-11-27-13-10-25-17-27)24(32)26-15-20-6-9-22-23(14-20)31-18-30-22/h4-10,13-14,17H,2-3,11-12,15-16,18H2,1H3,(H,26,32). The lowest BCUT2D eigenvalue weighted by Crippen LogP contribution is -2.39. The highest BCUT2D eigenvalue weighted by atomic mass is 32.1. The van der Waals surface area contributed by atoms with Gasteiger partial charge in [0.1, 0.15) is 5.75 Å². The average molecular weight is 453 g/mol. The fourth-order valence-corrected chi connectivity index (χ4v) is 3.76. The van der Waals surface area contributed by atoms with Crippen molar-refractivity contribution < 1.29 is 14.2 Å². The Morgan fingerprint density at radius 1 is 1.16 bits per heavy atom. The van der Waals surface area contributed by atoms with Crippen LogP contribution in [0.4, 0.5) is 0 Å². The molecule has 3 aromatic rings. The van der Waals surface area contributed by atoms with Crippen molar-refractivity contribution in [3.63, 3.8) is 0 Å². The van der Waals surface area contributed by atoms with Crippen molar-refractivity contribution in [2.24, 2.45) is 0 Å². The van der Waals surface area contributed by atoms with E-state index in [-0.39, 0.29) is 6.79 Å². The van der Waals surface area contributed by atoms with Crippen LogP contribution in [-0.2, 0) is 19.6 Å². The largest absolute Gasteiger partial charge is 0.494 e. The fourth-order valence-electron chi connectivity index (χ4n) is 3.53. The third-order valence-corrected chi connectivity index (χ3v) is 5.58. The van der Waals surface area contributed by atoms with Gasteiger partial charge in [0.15, 0.2) is 16.6 Å². The van der Waals surface area contributed by atoms with Gasteiger partial charge < -0.3 is 29.0 Å². The van der Waals surface area contributed by atoms with Crippen LogP contribution >= 0.6 is 12.2 Å². The molecule has 0 bridgehead atoms. The van der Waals surface area contributed by atoms with E-state index < -0.39 is 0 Å². The van der Waals surface area contributed by atoms with E-state index in [0.29, 0.717) is 13.2 Å². The molecule has 32 heavy (non-hydrogen) atoms. The average Bonchev–Trinajstić information content (AvgIpc) is 3.50. The lowest BCUT2D eigenvalue weighted by Gasteiger charge is -2.26. The molecule has 168 valence electrons. The summed E-state index contributed by atoms with van der Waals surface area (Å²) in [6, 6.07) is 14.2. The molecule has 1 aliphatic rings. The Morgan fingerprint density at radius 3 is 2.75 bits per heavy atom. The molecule has 0 saturated carbocycles. The summed E-state index contributed by atoms with van der Waals surface area (Å²) in [5.74, 6) is 2.45. The fraction of sp³-hybridized carbons (Fsp3) is 0.333. The number of ether oxygens (including phenoxy) is 3. The van der Waals surface area contributed by atoms with Gasteiger partial charge >= 0.3 is 0 Å². The van der Waals surface area contributed by atoms with E-state index in [1.54, 1.807) is 6.20 Å². The Hall–Kier alpha value is -3.26. The Bertz CT molecular complexity index is 1010. The van der Waals surface area contributed by atoms with Crippen molar-refractivity contribution in [2.75, 3.05) is 19.9 Å². The molecule has 8 heteroatoms. The first kappa shape index (κ1) is 22.0. The van der Waals surface area contributed by atoms with Crippen LogP contribution in [0.1, 0.15) is 24.5 Å². The lowest BCUT2D eigenvalue weighted by molar-refractivity contribution is 0.174. The molecule has 0 saturated heterocycles. The van der Waals surface area contributed by atoms with E-state index in [1.807, 2.05) is 49.8 Å². The number of nitrogens with zero attached hydrogens (tertiary/aromatic N) is 3. The van der Waals surface area contributed by atoms with Crippen molar-refractivity contribution in [2.45, 2.75) is 33.0 Å². The molecule has 7 nitrogen and oxygen atoms in total. The maximum atomic E-state index is 5.77. The van der Waals surface area contributed by atoms with E-state index in [2.05, 4.69) is 31.9 Å². The molecule has 0 fully saturated rings. The third kappa shape index (κ3) is 5.91. The number of benzene rings is 2. The summed E-state index contributed by atoms with van der Waals surface area (Å²) in [5, 5.41) is 4.13. The molecule has 1 N–H and O–H groups in total. The van der Waals surface area contributed by atoms with Gasteiger partial charge in [-0.2, -0.15) is 0 Å². The zero-order valence-electron chi connectivity index (χ0n) is 18.2. The quantitative estimate of drug-likeness (QED) is 0.467. The smallest absolute Gasteiger partial charge is 0.231 e. The summed E-state index contributed by atoms with van der Waals surface area (Å²) in [6.45, 7) is 5.99. The molecule has 0 spiro atoms. The molecule has 0 unspecified atom stereocenters. The zero-order valence-corrected chi connectivity index (χ0v) is 19.0. The molecule has 1 aromatic heterocycles. The van der Waals surface area contributed by atoms with Crippen molar-refractivity contribution in [3.05, 3.63) is 72.3 Å². The van der Waals surface area contributed by atoms with E-state index in [4.69, 9.17) is 26.4 Å². The molecule has 0 atom stereocenters. The van der Waals surface area contributed by atoms with E-state index in [9.17, 15) is 0 Å². The van der Waals surface area contributed by atoms with Crippen LogP contribution in [0.3, 0.4) is 0 Å². The van der Waals surface area contributed by atoms with Crippen LogP contribution in [0.25, 0.3) is 0 Å². The number of aryl methyl sites for hydroxylation is 1. The normalized spacial score (nSPS) is 11.9. The molecule has 0 amide bonds. The summed E-state index contributed by atoms with van der Waals surface area (Å²) in [6.07, 6.45) is 6.58. The summed E-state index contributed by atoms with van der Waals surface area (Å²) in [4.78, 5) is 6.32.